The zero-order valence-electron chi connectivity index (χ0n) is 14.5. The summed E-state index contributed by atoms with van der Waals surface area (Å²) < 4.78 is 0. The Kier molecular flexibility index (Phi) is 6.27. The normalized spacial score (nSPS) is 25.8. The molecule has 6 nitrogen and oxygen atoms in total. The van der Waals surface area contributed by atoms with Gasteiger partial charge in [0.05, 0.1) is 5.41 Å². The summed E-state index contributed by atoms with van der Waals surface area (Å²) in [4.78, 5) is 27.4. The molecule has 0 bridgehead atoms. The van der Waals surface area contributed by atoms with Crippen LogP contribution >= 0.6 is 0 Å². The molecule has 1 saturated carbocycles. The van der Waals surface area contributed by atoms with E-state index in [0.717, 1.165) is 13.0 Å². The number of hydrogen-bond acceptors (Lipinski definition) is 3. The third-order valence-corrected chi connectivity index (χ3v) is 5.44. The van der Waals surface area contributed by atoms with Gasteiger partial charge in [-0.2, -0.15) is 0 Å². The van der Waals surface area contributed by atoms with E-state index in [1.807, 2.05) is 0 Å². The van der Waals surface area contributed by atoms with Crippen LogP contribution in [0.15, 0.2) is 0 Å². The molecule has 2 amide bonds. The molecule has 1 saturated heterocycles. The number of nitrogens with zero attached hydrogens (tertiary/aromatic N) is 2. The van der Waals surface area contributed by atoms with Gasteiger partial charge in [-0.05, 0) is 46.2 Å². The number of aliphatic carboxylic acids is 1. The second-order valence-corrected chi connectivity index (χ2v) is 7.40. The Morgan fingerprint density at radius 2 is 2.00 bits per heavy atom. The van der Waals surface area contributed by atoms with Crippen LogP contribution in [0.25, 0.3) is 0 Å². The zero-order chi connectivity index (χ0) is 16.9. The van der Waals surface area contributed by atoms with Gasteiger partial charge in [0.2, 0.25) is 0 Å². The Labute approximate surface area is 139 Å². The van der Waals surface area contributed by atoms with Crippen LogP contribution in [0.4, 0.5) is 4.79 Å². The molecule has 6 heteroatoms. The Bertz CT molecular complexity index is 423. The minimum Gasteiger partial charge on any atom is -0.481 e. The van der Waals surface area contributed by atoms with E-state index in [9.17, 15) is 14.7 Å². The summed E-state index contributed by atoms with van der Waals surface area (Å²) in [6.07, 6.45) is 8.09. The number of likely N-dealkylation sites (tertiary alicyclic amines) is 1. The highest BCUT2D eigenvalue weighted by molar-refractivity contribution is 5.79. The SMILES string of the molecule is CN(CCCNC(=O)N1CCC(C)(C(=O)O)C1)C1CCCCC1. The Morgan fingerprint density at radius 3 is 2.61 bits per heavy atom. The predicted octanol–water partition coefficient (Wildman–Crippen LogP) is 2.15. The van der Waals surface area contributed by atoms with Crippen LogP contribution < -0.4 is 5.32 Å². The summed E-state index contributed by atoms with van der Waals surface area (Å²) in [5.74, 6) is -0.818. The van der Waals surface area contributed by atoms with Gasteiger partial charge in [0.25, 0.3) is 0 Å². The maximum atomic E-state index is 12.1. The van der Waals surface area contributed by atoms with E-state index < -0.39 is 11.4 Å². The fourth-order valence-electron chi connectivity index (χ4n) is 3.65. The van der Waals surface area contributed by atoms with Crippen molar-refractivity contribution in [2.75, 3.05) is 33.2 Å². The summed E-state index contributed by atoms with van der Waals surface area (Å²) in [7, 11) is 2.18. The Hall–Kier alpha value is -1.30. The molecule has 2 rings (SSSR count). The maximum absolute atomic E-state index is 12.1. The van der Waals surface area contributed by atoms with Crippen molar-refractivity contribution in [1.82, 2.24) is 15.1 Å². The number of carbonyl (C=O) groups excluding carboxylic acids is 1. The molecule has 1 aliphatic carbocycles. The second-order valence-electron chi connectivity index (χ2n) is 7.40. The minimum absolute atomic E-state index is 0.129. The molecule has 1 unspecified atom stereocenters. The van der Waals surface area contributed by atoms with Crippen LogP contribution in [-0.4, -0.2) is 66.2 Å². The first kappa shape index (κ1) is 18.0. The molecule has 2 N–H and O–H groups in total. The van der Waals surface area contributed by atoms with Gasteiger partial charge in [-0.25, -0.2) is 4.79 Å². The molecule has 0 spiro atoms. The lowest BCUT2D eigenvalue weighted by atomic mass is 9.90. The van der Waals surface area contributed by atoms with Gasteiger partial charge in [-0.15, -0.1) is 0 Å². The van der Waals surface area contributed by atoms with Crippen molar-refractivity contribution in [3.05, 3.63) is 0 Å². The molecule has 1 heterocycles. The summed E-state index contributed by atoms with van der Waals surface area (Å²) in [6.45, 7) is 4.18. The zero-order valence-corrected chi connectivity index (χ0v) is 14.5. The molecule has 1 atom stereocenters. The van der Waals surface area contributed by atoms with Crippen molar-refractivity contribution in [2.45, 2.75) is 57.9 Å². The fourth-order valence-corrected chi connectivity index (χ4v) is 3.65. The van der Waals surface area contributed by atoms with Gasteiger partial charge in [0, 0.05) is 25.7 Å². The van der Waals surface area contributed by atoms with Crippen LogP contribution in [0, 0.1) is 5.41 Å². The number of carboxylic acid groups (broad SMARTS) is 1. The lowest BCUT2D eigenvalue weighted by Gasteiger charge is -2.31. The monoisotopic (exact) mass is 325 g/mol. The molecule has 23 heavy (non-hydrogen) atoms. The maximum Gasteiger partial charge on any atom is 0.317 e. The van der Waals surface area contributed by atoms with E-state index in [1.165, 1.54) is 32.1 Å². The highest BCUT2D eigenvalue weighted by atomic mass is 16.4. The lowest BCUT2D eigenvalue weighted by Crippen LogP contribution is -2.42. The van der Waals surface area contributed by atoms with Crippen molar-refractivity contribution in [3.8, 4) is 0 Å². The average Bonchev–Trinajstić information content (AvgIpc) is 2.96. The number of nitrogens with one attached hydrogen (secondary N) is 1. The van der Waals surface area contributed by atoms with Crippen LogP contribution in [0.2, 0.25) is 0 Å². The summed E-state index contributed by atoms with van der Waals surface area (Å²) >= 11 is 0. The van der Waals surface area contributed by atoms with E-state index in [-0.39, 0.29) is 6.03 Å². The predicted molar refractivity (Wildman–Crippen MR) is 89.5 cm³/mol. The summed E-state index contributed by atoms with van der Waals surface area (Å²) in [5, 5.41) is 12.1. The third-order valence-electron chi connectivity index (χ3n) is 5.44. The van der Waals surface area contributed by atoms with Gasteiger partial charge in [0.1, 0.15) is 0 Å². The van der Waals surface area contributed by atoms with Gasteiger partial charge >= 0.3 is 12.0 Å². The topological polar surface area (TPSA) is 72.9 Å². The van der Waals surface area contributed by atoms with Gasteiger partial charge < -0.3 is 20.2 Å². The van der Waals surface area contributed by atoms with Crippen molar-refractivity contribution in [1.29, 1.82) is 0 Å². The standard InChI is InChI=1S/C17H31N3O3/c1-17(15(21)22)9-12-20(13-17)16(23)18-10-6-11-19(2)14-7-4-3-5-8-14/h14H,3-13H2,1-2H3,(H,18,23)(H,21,22). The van der Waals surface area contributed by atoms with E-state index >= 15 is 0 Å². The molecule has 0 aromatic carbocycles. The van der Waals surface area contributed by atoms with Crippen molar-refractivity contribution >= 4 is 12.0 Å². The molecular formula is C17H31N3O3. The van der Waals surface area contributed by atoms with Crippen LogP contribution in [0.1, 0.15) is 51.9 Å². The smallest absolute Gasteiger partial charge is 0.317 e. The Morgan fingerprint density at radius 1 is 1.30 bits per heavy atom. The summed E-state index contributed by atoms with van der Waals surface area (Å²) in [6, 6.07) is 0.574. The van der Waals surface area contributed by atoms with Crippen LogP contribution in [-0.2, 0) is 4.79 Å². The molecule has 2 fully saturated rings. The van der Waals surface area contributed by atoms with Gasteiger partial charge in [0.15, 0.2) is 0 Å². The summed E-state index contributed by atoms with van der Waals surface area (Å²) in [5.41, 5.74) is -0.793. The fraction of sp³-hybridized carbons (Fsp3) is 0.882. The molecule has 0 aromatic heterocycles. The first-order valence-electron chi connectivity index (χ1n) is 8.89. The van der Waals surface area contributed by atoms with E-state index in [1.54, 1.807) is 11.8 Å². The first-order valence-corrected chi connectivity index (χ1v) is 8.89. The van der Waals surface area contributed by atoms with E-state index in [2.05, 4.69) is 17.3 Å². The number of amides is 2. The second kappa shape index (κ2) is 7.99. The van der Waals surface area contributed by atoms with E-state index in [0.29, 0.717) is 32.1 Å². The van der Waals surface area contributed by atoms with Gasteiger partial charge in [-0.3, -0.25) is 4.79 Å². The van der Waals surface area contributed by atoms with E-state index in [4.69, 9.17) is 0 Å². The number of carbonyl (C=O) groups is 2. The molecule has 0 radical (unpaired) electrons. The minimum atomic E-state index is -0.818. The number of rotatable bonds is 6. The first-order chi connectivity index (χ1) is 10.9. The highest BCUT2D eigenvalue weighted by Gasteiger charge is 2.42. The number of carboxylic acids is 1. The number of urea groups is 1. The molecular weight excluding hydrogens is 294 g/mol. The van der Waals surface area contributed by atoms with Crippen LogP contribution in [0.5, 0.6) is 0 Å². The van der Waals surface area contributed by atoms with Crippen molar-refractivity contribution in [2.24, 2.45) is 5.41 Å². The van der Waals surface area contributed by atoms with Crippen molar-refractivity contribution in [3.63, 3.8) is 0 Å². The number of hydrogen-bond donors (Lipinski definition) is 2. The highest BCUT2D eigenvalue weighted by Crippen LogP contribution is 2.29. The molecule has 2 aliphatic rings. The third kappa shape index (κ3) is 4.83. The Balaban J connectivity index is 1.62. The largest absolute Gasteiger partial charge is 0.481 e. The molecule has 0 aromatic rings. The quantitative estimate of drug-likeness (QED) is 0.734. The average molecular weight is 325 g/mol. The van der Waals surface area contributed by atoms with Crippen LogP contribution in [0.3, 0.4) is 0 Å². The van der Waals surface area contributed by atoms with Crippen molar-refractivity contribution < 1.29 is 14.7 Å². The lowest BCUT2D eigenvalue weighted by molar-refractivity contribution is -0.146. The molecule has 1 aliphatic heterocycles. The molecule has 132 valence electrons. The van der Waals surface area contributed by atoms with Gasteiger partial charge in [-0.1, -0.05) is 19.3 Å².